The van der Waals surface area contributed by atoms with Gasteiger partial charge in [0.25, 0.3) is 0 Å². The fourth-order valence-electron chi connectivity index (χ4n) is 2.31. The summed E-state index contributed by atoms with van der Waals surface area (Å²) in [6.45, 7) is 2.48. The van der Waals surface area contributed by atoms with Gasteiger partial charge in [-0.3, -0.25) is 0 Å². The first-order valence-electron chi connectivity index (χ1n) is 7.76. The summed E-state index contributed by atoms with van der Waals surface area (Å²) in [6, 6.07) is 17.0. The highest BCUT2D eigenvalue weighted by atomic mass is 32.1. The number of carbonyl (C=O) groups is 1. The monoisotopic (exact) mass is 355 g/mol. The minimum Gasteiger partial charge on any atom is -0.490 e. The highest BCUT2D eigenvalue weighted by Crippen LogP contribution is 2.34. The van der Waals surface area contributed by atoms with E-state index in [0.717, 1.165) is 22.6 Å². The third-order valence-corrected chi connectivity index (χ3v) is 4.64. The number of hydrogen-bond acceptors (Lipinski definition) is 5. The first-order valence-corrected chi connectivity index (χ1v) is 8.57. The first kappa shape index (κ1) is 17.0. The summed E-state index contributed by atoms with van der Waals surface area (Å²) >= 11 is 1.15. The number of aryl methyl sites for hydroxylation is 1. The Hall–Kier alpha value is -2.86. The quantitative estimate of drug-likeness (QED) is 0.641. The highest BCUT2D eigenvalue weighted by molar-refractivity contribution is 7.17. The number of carboxylic acid groups (broad SMARTS) is 1. The van der Waals surface area contributed by atoms with Crippen molar-refractivity contribution in [2.45, 2.75) is 6.92 Å². The highest BCUT2D eigenvalue weighted by Gasteiger charge is 2.17. The number of thiazole rings is 1. The van der Waals surface area contributed by atoms with Gasteiger partial charge in [0.05, 0.1) is 11.3 Å². The van der Waals surface area contributed by atoms with Crippen LogP contribution in [0.5, 0.6) is 11.5 Å². The molecule has 1 aromatic heterocycles. The van der Waals surface area contributed by atoms with Gasteiger partial charge in [-0.05, 0) is 31.2 Å². The van der Waals surface area contributed by atoms with Crippen LogP contribution in [0.1, 0.15) is 15.4 Å². The van der Waals surface area contributed by atoms with Crippen molar-refractivity contribution in [3.8, 4) is 22.1 Å². The van der Waals surface area contributed by atoms with Crippen molar-refractivity contribution < 1.29 is 19.4 Å². The molecule has 3 aromatic rings. The second-order valence-electron chi connectivity index (χ2n) is 5.24. The van der Waals surface area contributed by atoms with Gasteiger partial charge in [-0.15, -0.1) is 11.3 Å². The van der Waals surface area contributed by atoms with E-state index in [9.17, 15) is 9.90 Å². The molecule has 128 valence electrons. The molecule has 1 heterocycles. The zero-order chi connectivity index (χ0) is 17.6. The van der Waals surface area contributed by atoms with Crippen molar-refractivity contribution in [3.63, 3.8) is 0 Å². The van der Waals surface area contributed by atoms with Gasteiger partial charge in [-0.2, -0.15) is 0 Å². The number of ether oxygens (including phenoxy) is 2. The Kier molecular flexibility index (Phi) is 5.30. The van der Waals surface area contributed by atoms with Crippen molar-refractivity contribution in [3.05, 3.63) is 65.2 Å². The van der Waals surface area contributed by atoms with Crippen molar-refractivity contribution in [2.24, 2.45) is 0 Å². The lowest BCUT2D eigenvalue weighted by molar-refractivity contribution is 0.0701. The second-order valence-corrected chi connectivity index (χ2v) is 6.24. The van der Waals surface area contributed by atoms with Crippen molar-refractivity contribution in [2.75, 3.05) is 13.2 Å². The maximum Gasteiger partial charge on any atom is 0.347 e. The SMILES string of the molecule is Cc1nc(-c2ccccc2OCCOc2ccccc2)sc1C(=O)O. The standard InChI is InChI=1S/C19H17NO4S/c1-13-17(19(21)22)25-18(20-13)15-9-5-6-10-16(15)24-12-11-23-14-7-3-2-4-8-14/h2-10H,11-12H2,1H3,(H,21,22). The molecule has 1 N–H and O–H groups in total. The fourth-order valence-corrected chi connectivity index (χ4v) is 3.24. The maximum atomic E-state index is 11.2. The van der Waals surface area contributed by atoms with Crippen molar-refractivity contribution >= 4 is 17.3 Å². The third-order valence-electron chi connectivity index (χ3n) is 3.46. The summed E-state index contributed by atoms with van der Waals surface area (Å²) in [5.41, 5.74) is 1.29. The van der Waals surface area contributed by atoms with E-state index in [-0.39, 0.29) is 4.88 Å². The molecule has 0 aliphatic rings. The molecule has 25 heavy (non-hydrogen) atoms. The molecule has 0 aliphatic carbocycles. The fraction of sp³-hybridized carbons (Fsp3) is 0.158. The predicted molar refractivity (Wildman–Crippen MR) is 96.7 cm³/mol. The Balaban J connectivity index is 1.69. The van der Waals surface area contributed by atoms with Crippen LogP contribution in [0.4, 0.5) is 0 Å². The van der Waals surface area contributed by atoms with Gasteiger partial charge >= 0.3 is 5.97 Å². The van der Waals surface area contributed by atoms with E-state index in [1.807, 2.05) is 54.6 Å². The van der Waals surface area contributed by atoms with Gasteiger partial charge in [0.15, 0.2) is 0 Å². The molecule has 3 rings (SSSR count). The van der Waals surface area contributed by atoms with E-state index in [4.69, 9.17) is 9.47 Å². The van der Waals surface area contributed by atoms with Crippen LogP contribution in [-0.2, 0) is 0 Å². The average molecular weight is 355 g/mol. The number of aromatic carboxylic acids is 1. The summed E-state index contributed by atoms with van der Waals surface area (Å²) < 4.78 is 11.4. The molecule has 0 aliphatic heterocycles. The zero-order valence-corrected chi connectivity index (χ0v) is 14.5. The van der Waals surface area contributed by atoms with Crippen LogP contribution in [0.3, 0.4) is 0 Å². The lowest BCUT2D eigenvalue weighted by Gasteiger charge is -2.11. The van der Waals surface area contributed by atoms with Gasteiger partial charge in [0, 0.05) is 0 Å². The number of carboxylic acids is 1. The molecule has 0 radical (unpaired) electrons. The van der Waals surface area contributed by atoms with Crippen molar-refractivity contribution in [1.82, 2.24) is 4.98 Å². The van der Waals surface area contributed by atoms with Crippen LogP contribution in [-0.4, -0.2) is 29.3 Å². The molecule has 2 aromatic carbocycles. The number of benzene rings is 2. The molecule has 0 unspecified atom stereocenters. The lowest BCUT2D eigenvalue weighted by Crippen LogP contribution is -2.09. The van der Waals surface area contributed by atoms with Gasteiger partial charge < -0.3 is 14.6 Å². The maximum absolute atomic E-state index is 11.2. The minimum atomic E-state index is -0.962. The summed E-state index contributed by atoms with van der Waals surface area (Å²) in [5.74, 6) is 0.488. The average Bonchev–Trinajstić information content (AvgIpc) is 3.02. The van der Waals surface area contributed by atoms with Crippen molar-refractivity contribution in [1.29, 1.82) is 0 Å². The Morgan fingerprint density at radius 3 is 2.44 bits per heavy atom. The summed E-state index contributed by atoms with van der Waals surface area (Å²) in [6.07, 6.45) is 0. The van der Waals surface area contributed by atoms with Crippen LogP contribution in [0.15, 0.2) is 54.6 Å². The molecule has 5 nitrogen and oxygen atoms in total. The molecule has 0 saturated heterocycles. The molecule has 0 saturated carbocycles. The van der Waals surface area contributed by atoms with Gasteiger partial charge in [-0.25, -0.2) is 9.78 Å². The summed E-state index contributed by atoms with van der Waals surface area (Å²) in [4.78, 5) is 15.8. The van der Waals surface area contributed by atoms with Crippen LogP contribution in [0, 0.1) is 6.92 Å². The molecule has 6 heteroatoms. The third kappa shape index (κ3) is 4.16. The molecular formula is C19H17NO4S. The first-order chi connectivity index (χ1) is 12.1. The number of aromatic nitrogens is 1. The molecule has 0 bridgehead atoms. The topological polar surface area (TPSA) is 68.7 Å². The van der Waals surface area contributed by atoms with Gasteiger partial charge in [0.2, 0.25) is 0 Å². The molecule has 0 amide bonds. The minimum absolute atomic E-state index is 0.247. The number of rotatable bonds is 7. The van der Waals surface area contributed by atoms with E-state index in [1.165, 1.54) is 0 Å². The summed E-state index contributed by atoms with van der Waals surface area (Å²) in [7, 11) is 0. The van der Waals surface area contributed by atoms with E-state index < -0.39 is 5.97 Å². The second kappa shape index (κ2) is 7.81. The van der Waals surface area contributed by atoms with Crippen LogP contribution in [0.25, 0.3) is 10.6 Å². The smallest absolute Gasteiger partial charge is 0.347 e. The Morgan fingerprint density at radius 2 is 1.72 bits per heavy atom. The zero-order valence-electron chi connectivity index (χ0n) is 13.6. The normalized spacial score (nSPS) is 10.4. The van der Waals surface area contributed by atoms with E-state index in [1.54, 1.807) is 6.92 Å². The van der Waals surface area contributed by atoms with E-state index >= 15 is 0 Å². The summed E-state index contributed by atoms with van der Waals surface area (Å²) in [5, 5.41) is 9.83. The number of hydrogen-bond donors (Lipinski definition) is 1. The van der Waals surface area contributed by atoms with Gasteiger partial charge in [0.1, 0.15) is 34.6 Å². The molecule has 0 spiro atoms. The Labute approximate surface area is 149 Å². The number of nitrogens with zero attached hydrogens (tertiary/aromatic N) is 1. The van der Waals surface area contributed by atoms with E-state index in [0.29, 0.717) is 29.7 Å². The largest absolute Gasteiger partial charge is 0.490 e. The molecule has 0 fully saturated rings. The molecular weight excluding hydrogens is 338 g/mol. The number of para-hydroxylation sites is 2. The van der Waals surface area contributed by atoms with Crippen LogP contribution >= 0.6 is 11.3 Å². The Morgan fingerprint density at radius 1 is 1.04 bits per heavy atom. The Bertz CT molecular complexity index is 861. The van der Waals surface area contributed by atoms with Crippen LogP contribution in [0.2, 0.25) is 0 Å². The lowest BCUT2D eigenvalue weighted by atomic mass is 10.2. The molecule has 0 atom stereocenters. The van der Waals surface area contributed by atoms with Crippen LogP contribution < -0.4 is 9.47 Å². The predicted octanol–water partition coefficient (Wildman–Crippen LogP) is 4.27. The van der Waals surface area contributed by atoms with E-state index in [2.05, 4.69) is 4.98 Å². The van der Waals surface area contributed by atoms with Gasteiger partial charge in [-0.1, -0.05) is 30.3 Å².